The average Bonchev–Trinajstić information content (AvgIpc) is 2.36. The summed E-state index contributed by atoms with van der Waals surface area (Å²) in [5.74, 6) is 0. The zero-order valence-corrected chi connectivity index (χ0v) is 11.7. The Morgan fingerprint density at radius 2 is 1.79 bits per heavy atom. The summed E-state index contributed by atoms with van der Waals surface area (Å²) in [5.41, 5.74) is 8.18. The molecule has 2 aliphatic rings. The largest absolute Gasteiger partial charge is 0.328 e. The van der Waals surface area contributed by atoms with Crippen LogP contribution in [0.2, 0.25) is 0 Å². The molecule has 0 aliphatic heterocycles. The zero-order chi connectivity index (χ0) is 13.5. The van der Waals surface area contributed by atoms with Crippen LogP contribution in [0.3, 0.4) is 0 Å². The van der Waals surface area contributed by atoms with Gasteiger partial charge >= 0.3 is 0 Å². The van der Waals surface area contributed by atoms with Crippen LogP contribution in [0.5, 0.6) is 0 Å². The standard InChI is InChI=1S/C14H20N2O2S/c15-12-8-13(9-12)16-19(17,18)14-6-5-10-3-1-2-4-11(10)7-14/h5-7,12-13,16H,1-4,8-9,15H2. The predicted molar refractivity (Wildman–Crippen MR) is 74.4 cm³/mol. The Hall–Kier alpha value is -0.910. The summed E-state index contributed by atoms with van der Waals surface area (Å²) < 4.78 is 27.3. The smallest absolute Gasteiger partial charge is 0.240 e. The SMILES string of the molecule is NC1CC(NS(=O)(=O)c2ccc3c(c2)CCCC3)C1. The van der Waals surface area contributed by atoms with E-state index in [9.17, 15) is 8.42 Å². The Labute approximate surface area is 114 Å². The lowest BCUT2D eigenvalue weighted by molar-refractivity contribution is 0.327. The van der Waals surface area contributed by atoms with Gasteiger partial charge in [-0.3, -0.25) is 0 Å². The molecule has 4 nitrogen and oxygen atoms in total. The molecule has 3 N–H and O–H groups in total. The minimum atomic E-state index is -3.38. The lowest BCUT2D eigenvalue weighted by Crippen LogP contribution is -2.50. The minimum Gasteiger partial charge on any atom is -0.328 e. The fraction of sp³-hybridized carbons (Fsp3) is 0.571. The van der Waals surface area contributed by atoms with Gasteiger partial charge in [0.2, 0.25) is 10.0 Å². The van der Waals surface area contributed by atoms with Crippen LogP contribution in [0.4, 0.5) is 0 Å². The molecule has 0 unspecified atom stereocenters. The molecule has 0 atom stereocenters. The molecule has 0 bridgehead atoms. The molecule has 0 heterocycles. The Bertz CT molecular complexity index is 577. The lowest BCUT2D eigenvalue weighted by Gasteiger charge is -2.32. The molecule has 1 fully saturated rings. The van der Waals surface area contributed by atoms with Crippen LogP contribution in [0, 0.1) is 0 Å². The van der Waals surface area contributed by atoms with E-state index in [-0.39, 0.29) is 12.1 Å². The molecule has 2 aliphatic carbocycles. The molecule has 104 valence electrons. The first-order valence-electron chi connectivity index (χ1n) is 6.94. The fourth-order valence-corrected chi connectivity index (χ4v) is 4.23. The Morgan fingerprint density at radius 1 is 1.11 bits per heavy atom. The highest BCUT2D eigenvalue weighted by Crippen LogP contribution is 2.25. The molecular weight excluding hydrogens is 260 g/mol. The third-order valence-electron chi connectivity index (χ3n) is 4.13. The molecule has 1 aromatic carbocycles. The summed E-state index contributed by atoms with van der Waals surface area (Å²) in [6, 6.07) is 5.70. The van der Waals surface area contributed by atoms with E-state index in [0.717, 1.165) is 32.1 Å². The highest BCUT2D eigenvalue weighted by Gasteiger charge is 2.30. The Kier molecular flexibility index (Phi) is 3.37. The van der Waals surface area contributed by atoms with E-state index in [4.69, 9.17) is 5.73 Å². The van der Waals surface area contributed by atoms with Crippen molar-refractivity contribution in [1.29, 1.82) is 0 Å². The molecule has 0 amide bonds. The van der Waals surface area contributed by atoms with Crippen LogP contribution in [0.15, 0.2) is 23.1 Å². The molecule has 5 heteroatoms. The maximum atomic E-state index is 12.3. The van der Waals surface area contributed by atoms with Gasteiger partial charge in [0.15, 0.2) is 0 Å². The van der Waals surface area contributed by atoms with Crippen molar-refractivity contribution >= 4 is 10.0 Å². The van der Waals surface area contributed by atoms with Crippen molar-refractivity contribution < 1.29 is 8.42 Å². The van der Waals surface area contributed by atoms with Crippen LogP contribution >= 0.6 is 0 Å². The van der Waals surface area contributed by atoms with Gasteiger partial charge in [0.25, 0.3) is 0 Å². The van der Waals surface area contributed by atoms with Gasteiger partial charge in [-0.2, -0.15) is 0 Å². The van der Waals surface area contributed by atoms with Gasteiger partial charge in [-0.05, 0) is 61.8 Å². The van der Waals surface area contributed by atoms with E-state index < -0.39 is 10.0 Å². The van der Waals surface area contributed by atoms with Gasteiger partial charge in [-0.25, -0.2) is 13.1 Å². The summed E-state index contributed by atoms with van der Waals surface area (Å²) in [4.78, 5) is 0.397. The van der Waals surface area contributed by atoms with E-state index in [2.05, 4.69) is 4.72 Å². The van der Waals surface area contributed by atoms with Crippen LogP contribution < -0.4 is 10.5 Å². The number of rotatable bonds is 3. The van der Waals surface area contributed by atoms with Crippen LogP contribution in [0.25, 0.3) is 0 Å². The van der Waals surface area contributed by atoms with Crippen molar-refractivity contribution in [2.45, 2.75) is 55.5 Å². The second-order valence-corrected chi connectivity index (χ2v) is 7.40. The first kappa shape index (κ1) is 13.1. The molecule has 1 aromatic rings. The quantitative estimate of drug-likeness (QED) is 0.877. The number of benzene rings is 1. The van der Waals surface area contributed by atoms with Crippen molar-refractivity contribution in [3.8, 4) is 0 Å². The van der Waals surface area contributed by atoms with Crippen molar-refractivity contribution in [3.63, 3.8) is 0 Å². The predicted octanol–water partition coefficient (Wildman–Crippen LogP) is 1.33. The van der Waals surface area contributed by atoms with Gasteiger partial charge in [0.05, 0.1) is 4.90 Å². The van der Waals surface area contributed by atoms with E-state index in [1.54, 1.807) is 6.07 Å². The number of nitrogens with one attached hydrogen (secondary N) is 1. The van der Waals surface area contributed by atoms with E-state index in [0.29, 0.717) is 4.90 Å². The average molecular weight is 280 g/mol. The maximum Gasteiger partial charge on any atom is 0.240 e. The van der Waals surface area contributed by atoms with Crippen molar-refractivity contribution in [2.24, 2.45) is 5.73 Å². The van der Waals surface area contributed by atoms with Crippen molar-refractivity contribution in [3.05, 3.63) is 29.3 Å². The molecule has 0 aromatic heterocycles. The Morgan fingerprint density at radius 3 is 2.47 bits per heavy atom. The molecule has 0 radical (unpaired) electrons. The number of fused-ring (bicyclic) bond motifs is 1. The zero-order valence-electron chi connectivity index (χ0n) is 10.9. The topological polar surface area (TPSA) is 72.2 Å². The number of hydrogen-bond acceptors (Lipinski definition) is 3. The number of sulfonamides is 1. The summed E-state index contributed by atoms with van der Waals surface area (Å²) in [6.07, 6.45) is 5.90. The van der Waals surface area contributed by atoms with E-state index in [1.165, 1.54) is 17.5 Å². The van der Waals surface area contributed by atoms with Crippen molar-refractivity contribution in [2.75, 3.05) is 0 Å². The number of hydrogen-bond donors (Lipinski definition) is 2. The summed E-state index contributed by atoms with van der Waals surface area (Å²) in [6.45, 7) is 0. The lowest BCUT2D eigenvalue weighted by atomic mass is 9.89. The van der Waals surface area contributed by atoms with Gasteiger partial charge in [-0.15, -0.1) is 0 Å². The molecule has 1 saturated carbocycles. The van der Waals surface area contributed by atoms with Crippen molar-refractivity contribution in [1.82, 2.24) is 4.72 Å². The summed E-state index contributed by atoms with van der Waals surface area (Å²) in [5, 5.41) is 0. The van der Waals surface area contributed by atoms with E-state index in [1.807, 2.05) is 12.1 Å². The second kappa shape index (κ2) is 4.89. The molecule has 3 rings (SSSR count). The second-order valence-electron chi connectivity index (χ2n) is 5.69. The highest BCUT2D eigenvalue weighted by atomic mass is 32.2. The van der Waals surface area contributed by atoms with Crippen LogP contribution in [-0.4, -0.2) is 20.5 Å². The van der Waals surface area contributed by atoms with Gasteiger partial charge in [0.1, 0.15) is 0 Å². The fourth-order valence-electron chi connectivity index (χ4n) is 2.92. The summed E-state index contributed by atoms with van der Waals surface area (Å²) >= 11 is 0. The molecule has 19 heavy (non-hydrogen) atoms. The molecular formula is C14H20N2O2S. The first-order valence-corrected chi connectivity index (χ1v) is 8.42. The molecule has 0 saturated heterocycles. The summed E-state index contributed by atoms with van der Waals surface area (Å²) in [7, 11) is -3.38. The minimum absolute atomic E-state index is 0.0102. The molecule has 0 spiro atoms. The third kappa shape index (κ3) is 2.68. The van der Waals surface area contributed by atoms with Gasteiger partial charge < -0.3 is 5.73 Å². The van der Waals surface area contributed by atoms with Gasteiger partial charge in [-0.1, -0.05) is 6.07 Å². The van der Waals surface area contributed by atoms with E-state index >= 15 is 0 Å². The van der Waals surface area contributed by atoms with Crippen LogP contribution in [0.1, 0.15) is 36.8 Å². The normalized spacial score (nSPS) is 26.6. The first-order chi connectivity index (χ1) is 9.04. The maximum absolute atomic E-state index is 12.3. The Balaban J connectivity index is 1.80. The number of aryl methyl sites for hydroxylation is 2. The monoisotopic (exact) mass is 280 g/mol. The van der Waals surface area contributed by atoms with Crippen LogP contribution in [-0.2, 0) is 22.9 Å². The highest BCUT2D eigenvalue weighted by molar-refractivity contribution is 7.89. The van der Waals surface area contributed by atoms with Gasteiger partial charge in [0, 0.05) is 12.1 Å². The third-order valence-corrected chi connectivity index (χ3v) is 5.64. The number of nitrogens with two attached hydrogens (primary N) is 1.